The quantitative estimate of drug-likeness (QED) is 0.804. The zero-order chi connectivity index (χ0) is 15.1. The molecule has 1 amide bonds. The van der Waals surface area contributed by atoms with Crippen LogP contribution in [0.4, 0.5) is 5.82 Å². The Balaban J connectivity index is 2.54. The predicted molar refractivity (Wildman–Crippen MR) is 81.0 cm³/mol. The first kappa shape index (κ1) is 16.7. The van der Waals surface area contributed by atoms with Gasteiger partial charge >= 0.3 is 0 Å². The summed E-state index contributed by atoms with van der Waals surface area (Å²) in [6.45, 7) is 4.32. The number of aliphatic hydroxyl groups excluding tert-OH is 1. The molecule has 0 saturated carbocycles. The van der Waals surface area contributed by atoms with Crippen LogP contribution in [0.25, 0.3) is 0 Å². The SMILES string of the molecule is CC(C)C(CCO)NC(=O)CN(C)c1ccc(Cl)cn1. The fraction of sp³-hybridized carbons (Fsp3) is 0.571. The number of rotatable bonds is 7. The normalized spacial score (nSPS) is 12.3. The summed E-state index contributed by atoms with van der Waals surface area (Å²) in [4.78, 5) is 17.9. The molecule has 112 valence electrons. The van der Waals surface area contributed by atoms with Crippen LogP contribution in [0.2, 0.25) is 5.02 Å². The molecular weight excluding hydrogens is 278 g/mol. The third-order valence-electron chi connectivity index (χ3n) is 3.07. The second-order valence-corrected chi connectivity index (χ2v) is 5.56. The Morgan fingerprint density at radius 2 is 2.20 bits per heavy atom. The number of aliphatic hydroxyl groups is 1. The van der Waals surface area contributed by atoms with Gasteiger partial charge in [-0.3, -0.25) is 4.79 Å². The molecule has 1 rings (SSSR count). The minimum Gasteiger partial charge on any atom is -0.396 e. The second kappa shape index (κ2) is 8.07. The van der Waals surface area contributed by atoms with E-state index in [1.807, 2.05) is 13.8 Å². The molecule has 1 unspecified atom stereocenters. The van der Waals surface area contributed by atoms with Gasteiger partial charge in [0, 0.05) is 25.9 Å². The fourth-order valence-corrected chi connectivity index (χ4v) is 1.97. The highest BCUT2D eigenvalue weighted by Gasteiger charge is 2.17. The number of anilines is 1. The van der Waals surface area contributed by atoms with Crippen molar-refractivity contribution in [2.45, 2.75) is 26.3 Å². The first-order chi connectivity index (χ1) is 9.43. The van der Waals surface area contributed by atoms with E-state index in [0.29, 0.717) is 17.3 Å². The molecular formula is C14H22ClN3O2. The van der Waals surface area contributed by atoms with Gasteiger partial charge in [0.2, 0.25) is 5.91 Å². The molecule has 1 aromatic rings. The molecule has 0 fully saturated rings. The molecule has 0 bridgehead atoms. The van der Waals surface area contributed by atoms with E-state index in [4.69, 9.17) is 16.7 Å². The Morgan fingerprint density at radius 3 is 2.70 bits per heavy atom. The number of halogens is 1. The van der Waals surface area contributed by atoms with E-state index in [9.17, 15) is 4.79 Å². The largest absolute Gasteiger partial charge is 0.396 e. The summed E-state index contributed by atoms with van der Waals surface area (Å²) in [7, 11) is 1.80. The molecule has 0 aliphatic rings. The van der Waals surface area contributed by atoms with Crippen molar-refractivity contribution in [2.24, 2.45) is 5.92 Å². The van der Waals surface area contributed by atoms with Crippen LogP contribution in [0.15, 0.2) is 18.3 Å². The number of amides is 1. The van der Waals surface area contributed by atoms with Crippen LogP contribution in [0.1, 0.15) is 20.3 Å². The number of nitrogens with one attached hydrogen (secondary N) is 1. The molecule has 6 heteroatoms. The number of hydrogen-bond acceptors (Lipinski definition) is 4. The molecule has 0 radical (unpaired) electrons. The summed E-state index contributed by atoms with van der Waals surface area (Å²) in [6.07, 6.45) is 2.11. The van der Waals surface area contributed by atoms with Gasteiger partial charge in [0.1, 0.15) is 5.82 Å². The van der Waals surface area contributed by atoms with Crippen LogP contribution in [0.3, 0.4) is 0 Å². The van der Waals surface area contributed by atoms with Gasteiger partial charge in [0.25, 0.3) is 0 Å². The molecule has 0 aromatic carbocycles. The molecule has 1 heterocycles. The average Bonchev–Trinajstić information content (AvgIpc) is 2.38. The number of aromatic nitrogens is 1. The monoisotopic (exact) mass is 299 g/mol. The predicted octanol–water partition coefficient (Wildman–Crippen LogP) is 1.69. The summed E-state index contributed by atoms with van der Waals surface area (Å²) >= 11 is 5.78. The maximum absolute atomic E-state index is 12.0. The van der Waals surface area contributed by atoms with Gasteiger partial charge in [-0.25, -0.2) is 4.98 Å². The molecule has 0 aliphatic heterocycles. The minimum atomic E-state index is -0.0867. The molecule has 2 N–H and O–H groups in total. The summed E-state index contributed by atoms with van der Waals surface area (Å²) < 4.78 is 0. The first-order valence-corrected chi connectivity index (χ1v) is 7.04. The first-order valence-electron chi connectivity index (χ1n) is 6.67. The summed E-state index contributed by atoms with van der Waals surface area (Å²) in [5.74, 6) is 0.884. The van der Waals surface area contributed by atoms with E-state index in [-0.39, 0.29) is 31.0 Å². The Hall–Kier alpha value is -1.33. The van der Waals surface area contributed by atoms with E-state index in [1.54, 1.807) is 30.3 Å². The van der Waals surface area contributed by atoms with E-state index in [2.05, 4.69) is 10.3 Å². The Labute approximate surface area is 125 Å². The maximum atomic E-state index is 12.0. The molecule has 20 heavy (non-hydrogen) atoms. The van der Waals surface area contributed by atoms with Gasteiger partial charge < -0.3 is 15.3 Å². The Kier molecular flexibility index (Phi) is 6.75. The number of pyridine rings is 1. The van der Waals surface area contributed by atoms with Crippen molar-refractivity contribution in [3.05, 3.63) is 23.4 Å². The zero-order valence-electron chi connectivity index (χ0n) is 12.1. The topological polar surface area (TPSA) is 65.5 Å². The van der Waals surface area contributed by atoms with Gasteiger partial charge in [-0.15, -0.1) is 0 Å². The van der Waals surface area contributed by atoms with Crippen molar-refractivity contribution in [3.8, 4) is 0 Å². The zero-order valence-corrected chi connectivity index (χ0v) is 12.9. The smallest absolute Gasteiger partial charge is 0.239 e. The molecule has 0 saturated heterocycles. The highest BCUT2D eigenvalue weighted by Crippen LogP contribution is 2.12. The van der Waals surface area contributed by atoms with Gasteiger partial charge in [0.15, 0.2) is 0 Å². The summed E-state index contributed by atoms with van der Waals surface area (Å²) in [5, 5.41) is 12.5. The van der Waals surface area contributed by atoms with Crippen molar-refractivity contribution in [1.29, 1.82) is 0 Å². The maximum Gasteiger partial charge on any atom is 0.239 e. The van der Waals surface area contributed by atoms with E-state index in [1.165, 1.54) is 0 Å². The lowest BCUT2D eigenvalue weighted by Crippen LogP contribution is -2.44. The van der Waals surface area contributed by atoms with Crippen molar-refractivity contribution in [2.75, 3.05) is 25.1 Å². The fourth-order valence-electron chi connectivity index (χ4n) is 1.85. The van der Waals surface area contributed by atoms with Crippen molar-refractivity contribution >= 4 is 23.3 Å². The van der Waals surface area contributed by atoms with Crippen molar-refractivity contribution in [3.63, 3.8) is 0 Å². The van der Waals surface area contributed by atoms with Gasteiger partial charge in [-0.05, 0) is 24.5 Å². The van der Waals surface area contributed by atoms with Crippen LogP contribution in [0.5, 0.6) is 0 Å². The number of hydrogen-bond donors (Lipinski definition) is 2. The van der Waals surface area contributed by atoms with Gasteiger partial charge in [-0.2, -0.15) is 0 Å². The van der Waals surface area contributed by atoms with E-state index < -0.39 is 0 Å². The van der Waals surface area contributed by atoms with Gasteiger partial charge in [0.05, 0.1) is 11.6 Å². The van der Waals surface area contributed by atoms with Crippen molar-refractivity contribution in [1.82, 2.24) is 10.3 Å². The van der Waals surface area contributed by atoms with Crippen LogP contribution >= 0.6 is 11.6 Å². The number of carbonyl (C=O) groups excluding carboxylic acids is 1. The van der Waals surface area contributed by atoms with E-state index in [0.717, 1.165) is 0 Å². The van der Waals surface area contributed by atoms with E-state index >= 15 is 0 Å². The van der Waals surface area contributed by atoms with Crippen LogP contribution in [-0.4, -0.2) is 42.2 Å². The van der Waals surface area contributed by atoms with Crippen molar-refractivity contribution < 1.29 is 9.90 Å². The summed E-state index contributed by atoms with van der Waals surface area (Å²) in [5.41, 5.74) is 0. The lowest BCUT2D eigenvalue weighted by Gasteiger charge is -2.24. The minimum absolute atomic E-state index is 0.0147. The standard InChI is InChI=1S/C14H22ClN3O2/c1-10(2)12(6-7-19)17-14(20)9-18(3)13-5-4-11(15)8-16-13/h4-5,8,10,12,19H,6-7,9H2,1-3H3,(H,17,20). The van der Waals surface area contributed by atoms with Crippen LogP contribution in [-0.2, 0) is 4.79 Å². The Morgan fingerprint density at radius 1 is 1.50 bits per heavy atom. The highest BCUT2D eigenvalue weighted by atomic mass is 35.5. The third kappa shape index (κ3) is 5.35. The third-order valence-corrected chi connectivity index (χ3v) is 3.30. The van der Waals surface area contributed by atoms with Crippen LogP contribution in [0, 0.1) is 5.92 Å². The molecule has 0 aliphatic carbocycles. The lowest BCUT2D eigenvalue weighted by atomic mass is 10.0. The molecule has 5 nitrogen and oxygen atoms in total. The number of likely N-dealkylation sites (N-methyl/N-ethyl adjacent to an activating group) is 1. The number of carbonyl (C=O) groups is 1. The second-order valence-electron chi connectivity index (χ2n) is 5.12. The number of nitrogens with zero attached hydrogens (tertiary/aromatic N) is 2. The highest BCUT2D eigenvalue weighted by molar-refractivity contribution is 6.30. The van der Waals surface area contributed by atoms with Crippen LogP contribution < -0.4 is 10.2 Å². The van der Waals surface area contributed by atoms with Gasteiger partial charge in [-0.1, -0.05) is 25.4 Å². The summed E-state index contributed by atoms with van der Waals surface area (Å²) in [6, 6.07) is 3.49. The molecule has 0 spiro atoms. The average molecular weight is 300 g/mol. The lowest BCUT2D eigenvalue weighted by molar-refractivity contribution is -0.120. The molecule has 1 aromatic heterocycles. The Bertz CT molecular complexity index is 423. The molecule has 1 atom stereocenters.